The molecule has 0 N–H and O–H groups in total. The van der Waals surface area contributed by atoms with Gasteiger partial charge in [0.15, 0.2) is 5.16 Å². The molecule has 0 saturated carbocycles. The van der Waals surface area contributed by atoms with Crippen molar-refractivity contribution in [3.8, 4) is 11.3 Å². The highest BCUT2D eigenvalue weighted by Crippen LogP contribution is 2.36. The highest BCUT2D eigenvalue weighted by molar-refractivity contribution is 7.99. The van der Waals surface area contributed by atoms with Crippen molar-refractivity contribution >= 4 is 56.2 Å². The number of anilines is 1. The molecule has 4 heterocycles. The maximum atomic E-state index is 13.1. The van der Waals surface area contributed by atoms with Crippen LogP contribution in [-0.2, 0) is 31.1 Å². The van der Waals surface area contributed by atoms with Gasteiger partial charge in [0.05, 0.1) is 21.8 Å². The number of aryl methyl sites for hydroxylation is 3. The maximum Gasteiger partial charge on any atom is 0.262 e. The summed E-state index contributed by atoms with van der Waals surface area (Å²) >= 11 is 4.63. The van der Waals surface area contributed by atoms with E-state index in [2.05, 4.69) is 16.4 Å². The van der Waals surface area contributed by atoms with Gasteiger partial charge in [0.2, 0.25) is 5.91 Å². The van der Waals surface area contributed by atoms with E-state index in [-0.39, 0.29) is 17.2 Å². The summed E-state index contributed by atoms with van der Waals surface area (Å²) in [7, 11) is 1.76. The highest BCUT2D eigenvalue weighted by Gasteiger charge is 2.26. The Morgan fingerprint density at radius 1 is 1.21 bits per heavy atom. The zero-order chi connectivity index (χ0) is 22.7. The summed E-state index contributed by atoms with van der Waals surface area (Å²) in [5.74, 6) is 0.294. The van der Waals surface area contributed by atoms with Gasteiger partial charge in [-0.05, 0) is 55.9 Å². The third kappa shape index (κ3) is 3.53. The van der Waals surface area contributed by atoms with E-state index in [9.17, 15) is 9.59 Å². The van der Waals surface area contributed by atoms with E-state index in [4.69, 9.17) is 4.98 Å². The van der Waals surface area contributed by atoms with Crippen molar-refractivity contribution in [2.45, 2.75) is 37.8 Å². The molecule has 1 aromatic carbocycles. The second-order valence-corrected chi connectivity index (χ2v) is 11.6. The fourth-order valence-corrected chi connectivity index (χ4v) is 7.53. The number of carbonyl (C=O) groups is 1. The molecule has 6 nitrogen and oxygen atoms in total. The number of carbonyl (C=O) groups excluding carboxylic acids is 1. The number of aromatic nitrogens is 3. The molecule has 1 aliphatic carbocycles. The molecule has 3 aromatic heterocycles. The van der Waals surface area contributed by atoms with Crippen LogP contribution in [0.2, 0.25) is 0 Å². The van der Waals surface area contributed by atoms with Crippen LogP contribution < -0.4 is 10.5 Å². The fourth-order valence-electron chi connectivity index (χ4n) is 4.76. The van der Waals surface area contributed by atoms with Crippen LogP contribution >= 0.6 is 34.4 Å². The Kier molecular flexibility index (Phi) is 5.15. The zero-order valence-electron chi connectivity index (χ0n) is 18.4. The minimum Gasteiger partial charge on any atom is -0.311 e. The molecule has 1 amide bonds. The lowest BCUT2D eigenvalue weighted by Gasteiger charge is -2.17. The Morgan fingerprint density at radius 2 is 2.09 bits per heavy atom. The first-order valence-corrected chi connectivity index (χ1v) is 13.7. The van der Waals surface area contributed by atoms with Crippen molar-refractivity contribution in [1.82, 2.24) is 14.5 Å². The van der Waals surface area contributed by atoms with E-state index >= 15 is 0 Å². The summed E-state index contributed by atoms with van der Waals surface area (Å²) < 4.78 is 1.60. The molecule has 2 aliphatic rings. The number of fused-ring (bicyclic) bond motifs is 4. The van der Waals surface area contributed by atoms with Crippen molar-refractivity contribution in [2.75, 3.05) is 17.2 Å². The smallest absolute Gasteiger partial charge is 0.262 e. The van der Waals surface area contributed by atoms with Crippen LogP contribution in [-0.4, -0.2) is 32.7 Å². The van der Waals surface area contributed by atoms with Crippen molar-refractivity contribution < 1.29 is 4.79 Å². The third-order valence-corrected chi connectivity index (χ3v) is 9.39. The van der Waals surface area contributed by atoms with E-state index in [1.165, 1.54) is 27.8 Å². The minimum absolute atomic E-state index is 0.00525. The molecule has 4 aromatic rings. The Hall–Kier alpha value is -2.49. The number of thiophene rings is 1. The predicted molar refractivity (Wildman–Crippen MR) is 136 cm³/mol. The van der Waals surface area contributed by atoms with Gasteiger partial charge in [-0.2, -0.15) is 0 Å². The first-order chi connectivity index (χ1) is 16.0. The van der Waals surface area contributed by atoms with Gasteiger partial charge in [0.1, 0.15) is 4.83 Å². The van der Waals surface area contributed by atoms with E-state index in [0.717, 1.165) is 57.9 Å². The SMILES string of the molecule is Cc1nc(-c2ccc3c(c2)CCN3C(=O)CSc2nc3sc4c(c3c(=O)n2C)CCC4)cs1. The highest BCUT2D eigenvalue weighted by atomic mass is 32.2. The molecule has 33 heavy (non-hydrogen) atoms. The normalized spacial score (nSPS) is 14.8. The van der Waals surface area contributed by atoms with Crippen molar-refractivity contribution in [1.29, 1.82) is 0 Å². The Labute approximate surface area is 203 Å². The van der Waals surface area contributed by atoms with E-state index in [1.807, 2.05) is 24.0 Å². The second-order valence-electron chi connectivity index (χ2n) is 8.48. The summed E-state index contributed by atoms with van der Waals surface area (Å²) in [6, 6.07) is 6.23. The standard InChI is InChI=1S/C24H22N4O2S3/c1-13-25-17(11-31-13)14-6-7-18-15(10-14)8-9-28(18)20(29)12-32-24-26-22-21(23(30)27(24)2)16-4-3-5-19(16)33-22/h6-7,10-11H,3-5,8-9,12H2,1-2H3. The average Bonchev–Trinajstić information content (AvgIpc) is 3.57. The van der Waals surface area contributed by atoms with Crippen molar-refractivity contribution in [3.05, 3.63) is 54.9 Å². The molecule has 0 unspecified atom stereocenters. The molecule has 0 radical (unpaired) electrons. The van der Waals surface area contributed by atoms with Gasteiger partial charge in [0.25, 0.3) is 5.56 Å². The molecular weight excluding hydrogens is 472 g/mol. The Morgan fingerprint density at radius 3 is 2.91 bits per heavy atom. The van der Waals surface area contributed by atoms with Crippen molar-refractivity contribution in [2.24, 2.45) is 7.05 Å². The summed E-state index contributed by atoms with van der Waals surface area (Å²) in [5, 5.41) is 4.51. The molecule has 0 fully saturated rings. The van der Waals surface area contributed by atoms with Crippen LogP contribution in [0.5, 0.6) is 0 Å². The molecule has 0 bridgehead atoms. The summed E-state index contributed by atoms with van der Waals surface area (Å²) in [6.45, 7) is 2.69. The minimum atomic E-state index is 0.00525. The largest absolute Gasteiger partial charge is 0.311 e. The molecule has 0 saturated heterocycles. The number of hydrogen-bond acceptors (Lipinski definition) is 7. The van der Waals surface area contributed by atoms with E-state index < -0.39 is 0 Å². The lowest BCUT2D eigenvalue weighted by molar-refractivity contribution is -0.116. The topological polar surface area (TPSA) is 68.1 Å². The number of amides is 1. The summed E-state index contributed by atoms with van der Waals surface area (Å²) in [6.07, 6.45) is 3.97. The van der Waals surface area contributed by atoms with Crippen LogP contribution in [0.1, 0.15) is 27.4 Å². The monoisotopic (exact) mass is 494 g/mol. The van der Waals surface area contributed by atoms with Gasteiger partial charge in [-0.1, -0.05) is 17.8 Å². The predicted octanol–water partition coefficient (Wildman–Crippen LogP) is 4.60. The molecule has 1 aliphatic heterocycles. The van der Waals surface area contributed by atoms with Crippen LogP contribution in [0.25, 0.3) is 21.5 Å². The first kappa shape index (κ1) is 21.1. The number of hydrogen-bond donors (Lipinski definition) is 0. The van der Waals surface area contributed by atoms with Gasteiger partial charge < -0.3 is 4.90 Å². The Bertz CT molecular complexity index is 1480. The van der Waals surface area contributed by atoms with Crippen LogP contribution in [0.3, 0.4) is 0 Å². The fraction of sp³-hybridized carbons (Fsp3) is 0.333. The van der Waals surface area contributed by atoms with Gasteiger partial charge in [0, 0.05) is 35.1 Å². The maximum absolute atomic E-state index is 13.1. The Balaban J connectivity index is 1.21. The molecule has 0 spiro atoms. The van der Waals surface area contributed by atoms with Gasteiger partial charge in [-0.25, -0.2) is 9.97 Å². The molecular formula is C24H22N4O2S3. The second kappa shape index (κ2) is 8.07. The van der Waals surface area contributed by atoms with E-state index in [0.29, 0.717) is 11.7 Å². The molecule has 0 atom stereocenters. The van der Waals surface area contributed by atoms with Gasteiger partial charge in [-0.3, -0.25) is 14.2 Å². The summed E-state index contributed by atoms with van der Waals surface area (Å²) in [4.78, 5) is 39.4. The lowest BCUT2D eigenvalue weighted by Crippen LogP contribution is -2.31. The van der Waals surface area contributed by atoms with Crippen molar-refractivity contribution in [3.63, 3.8) is 0 Å². The third-order valence-electron chi connectivity index (χ3n) is 6.42. The molecule has 9 heteroatoms. The van der Waals surface area contributed by atoms with Gasteiger partial charge in [-0.15, -0.1) is 22.7 Å². The number of nitrogens with zero attached hydrogens (tertiary/aromatic N) is 4. The molecule has 168 valence electrons. The average molecular weight is 495 g/mol. The van der Waals surface area contributed by atoms with Crippen LogP contribution in [0, 0.1) is 6.92 Å². The first-order valence-electron chi connectivity index (χ1n) is 11.0. The number of benzene rings is 1. The number of thiazole rings is 1. The van der Waals surface area contributed by atoms with Gasteiger partial charge >= 0.3 is 0 Å². The molecule has 6 rings (SSSR count). The quantitative estimate of drug-likeness (QED) is 0.306. The lowest BCUT2D eigenvalue weighted by atomic mass is 10.1. The van der Waals surface area contributed by atoms with E-state index in [1.54, 1.807) is 34.3 Å². The summed E-state index contributed by atoms with van der Waals surface area (Å²) in [5.41, 5.74) is 5.43. The van der Waals surface area contributed by atoms with Crippen LogP contribution in [0.4, 0.5) is 5.69 Å². The number of thioether (sulfide) groups is 1. The zero-order valence-corrected chi connectivity index (χ0v) is 20.8. The van der Waals surface area contributed by atoms with Crippen LogP contribution in [0.15, 0.2) is 33.5 Å². The number of rotatable bonds is 4.